The number of aliphatic hydroxyl groups is 1. The van der Waals surface area contributed by atoms with Gasteiger partial charge in [0.05, 0.1) is 24.0 Å². The van der Waals surface area contributed by atoms with Crippen LogP contribution in [0.2, 0.25) is 19.6 Å². The SMILES string of the molecule is C[C@H]1[C@H](F)[C@H](c2cc(C#C[Si](C)(C)C)c3c(N)ncnn23)O[C@@H]1CO. The molecule has 0 aromatic carbocycles. The lowest BCUT2D eigenvalue weighted by atomic mass is 9.99. The molecule has 25 heavy (non-hydrogen) atoms. The molecule has 0 amide bonds. The summed E-state index contributed by atoms with van der Waals surface area (Å²) in [6.07, 6.45) is -1.28. The summed E-state index contributed by atoms with van der Waals surface area (Å²) < 4.78 is 22.1. The van der Waals surface area contributed by atoms with E-state index in [0.717, 1.165) is 0 Å². The van der Waals surface area contributed by atoms with Crippen LogP contribution in [0.4, 0.5) is 10.2 Å². The van der Waals surface area contributed by atoms with Gasteiger partial charge in [-0.15, -0.1) is 5.54 Å². The maximum absolute atomic E-state index is 14.8. The number of anilines is 1. The van der Waals surface area contributed by atoms with Gasteiger partial charge in [0, 0.05) is 5.92 Å². The summed E-state index contributed by atoms with van der Waals surface area (Å²) >= 11 is 0. The Hall–Kier alpha value is -1.95. The zero-order valence-corrected chi connectivity index (χ0v) is 15.8. The predicted molar refractivity (Wildman–Crippen MR) is 96.4 cm³/mol. The summed E-state index contributed by atoms with van der Waals surface area (Å²) in [6, 6.07) is 1.78. The third kappa shape index (κ3) is 3.27. The van der Waals surface area contributed by atoms with Gasteiger partial charge in [-0.3, -0.25) is 0 Å². The molecule has 1 aliphatic heterocycles. The van der Waals surface area contributed by atoms with Crippen molar-refractivity contribution in [1.82, 2.24) is 14.6 Å². The number of fused-ring (bicyclic) bond motifs is 1. The second-order valence-corrected chi connectivity index (χ2v) is 12.2. The van der Waals surface area contributed by atoms with Gasteiger partial charge in [0.1, 0.15) is 32.2 Å². The zero-order chi connectivity index (χ0) is 18.4. The highest BCUT2D eigenvalue weighted by atomic mass is 28.3. The minimum Gasteiger partial charge on any atom is -0.394 e. The molecular formula is C17H23FN4O2Si. The van der Waals surface area contributed by atoms with Crippen molar-refractivity contribution in [2.75, 3.05) is 12.3 Å². The fourth-order valence-corrected chi connectivity index (χ4v) is 3.46. The molecule has 1 saturated heterocycles. The minimum atomic E-state index is -1.60. The van der Waals surface area contributed by atoms with Crippen LogP contribution >= 0.6 is 0 Å². The van der Waals surface area contributed by atoms with E-state index in [0.29, 0.717) is 22.6 Å². The first-order chi connectivity index (χ1) is 11.7. The maximum Gasteiger partial charge on any atom is 0.152 e. The molecule has 0 bridgehead atoms. The molecule has 3 rings (SSSR count). The van der Waals surface area contributed by atoms with Gasteiger partial charge in [-0.05, 0) is 6.07 Å². The van der Waals surface area contributed by atoms with Gasteiger partial charge in [-0.25, -0.2) is 13.9 Å². The molecule has 3 heterocycles. The first-order valence-corrected chi connectivity index (χ1v) is 11.8. The molecule has 1 aliphatic rings. The minimum absolute atomic E-state index is 0.221. The molecule has 0 saturated carbocycles. The fourth-order valence-electron chi connectivity index (χ4n) is 2.96. The van der Waals surface area contributed by atoms with E-state index in [9.17, 15) is 9.50 Å². The Balaban J connectivity index is 2.14. The Morgan fingerprint density at radius 2 is 2.16 bits per heavy atom. The number of nitrogen functional groups attached to an aromatic ring is 1. The van der Waals surface area contributed by atoms with Gasteiger partial charge < -0.3 is 15.6 Å². The molecule has 0 aliphatic carbocycles. The quantitative estimate of drug-likeness (QED) is 0.630. The lowest BCUT2D eigenvalue weighted by Gasteiger charge is -2.13. The van der Waals surface area contributed by atoms with Gasteiger partial charge in [0.15, 0.2) is 5.82 Å². The smallest absolute Gasteiger partial charge is 0.152 e. The Morgan fingerprint density at radius 3 is 2.76 bits per heavy atom. The molecule has 0 radical (unpaired) electrons. The van der Waals surface area contributed by atoms with E-state index in [1.807, 2.05) is 0 Å². The third-order valence-electron chi connectivity index (χ3n) is 4.35. The van der Waals surface area contributed by atoms with E-state index in [-0.39, 0.29) is 6.61 Å². The van der Waals surface area contributed by atoms with Crippen LogP contribution in [0, 0.1) is 17.4 Å². The van der Waals surface area contributed by atoms with Crippen LogP contribution in [0.1, 0.15) is 24.3 Å². The first-order valence-electron chi connectivity index (χ1n) is 8.28. The summed E-state index contributed by atoms with van der Waals surface area (Å²) in [5.74, 6) is 3.05. The van der Waals surface area contributed by atoms with Crippen molar-refractivity contribution in [2.45, 2.75) is 44.9 Å². The van der Waals surface area contributed by atoms with E-state index in [1.165, 1.54) is 6.33 Å². The molecule has 134 valence electrons. The van der Waals surface area contributed by atoms with E-state index in [2.05, 4.69) is 41.2 Å². The molecule has 3 N–H and O–H groups in total. The summed E-state index contributed by atoms with van der Waals surface area (Å²) in [5, 5.41) is 13.6. The van der Waals surface area contributed by atoms with Crippen molar-refractivity contribution in [3.05, 3.63) is 23.7 Å². The molecule has 2 aromatic heterocycles. The average molecular weight is 362 g/mol. The number of halogens is 1. The number of aliphatic hydroxyl groups excluding tert-OH is 1. The summed E-state index contributed by atoms with van der Waals surface area (Å²) in [6.45, 7) is 7.94. The zero-order valence-electron chi connectivity index (χ0n) is 14.8. The van der Waals surface area contributed by atoms with Crippen LogP contribution in [-0.2, 0) is 4.74 Å². The van der Waals surface area contributed by atoms with Crippen LogP contribution in [0.3, 0.4) is 0 Å². The highest BCUT2D eigenvalue weighted by Gasteiger charge is 2.44. The van der Waals surface area contributed by atoms with Crippen molar-refractivity contribution in [1.29, 1.82) is 0 Å². The van der Waals surface area contributed by atoms with E-state index >= 15 is 0 Å². The molecule has 2 aromatic rings. The van der Waals surface area contributed by atoms with Crippen molar-refractivity contribution in [3.8, 4) is 11.5 Å². The topological polar surface area (TPSA) is 85.7 Å². The monoisotopic (exact) mass is 362 g/mol. The predicted octanol–water partition coefficient (Wildman–Crippen LogP) is 1.95. The molecular weight excluding hydrogens is 339 g/mol. The number of hydrogen-bond acceptors (Lipinski definition) is 5. The van der Waals surface area contributed by atoms with Crippen molar-refractivity contribution >= 4 is 19.4 Å². The maximum atomic E-state index is 14.8. The Kier molecular flexibility index (Phi) is 4.58. The largest absolute Gasteiger partial charge is 0.394 e. The second kappa shape index (κ2) is 6.41. The standard InChI is InChI=1S/C17H23FN4O2Si/c1-10-13(8-23)24-16(14(10)18)12-7-11(5-6-25(2,3)4)15-17(19)20-9-21-22(12)15/h7,9-10,13-14,16,23H,8H2,1-4H3,(H2,19,20,21)/t10-,13-,14+,16+/m1/s1. The lowest BCUT2D eigenvalue weighted by Crippen LogP contribution is -2.21. The highest BCUT2D eigenvalue weighted by Crippen LogP contribution is 2.40. The first kappa shape index (κ1) is 17.9. The van der Waals surface area contributed by atoms with Crippen molar-refractivity contribution in [3.63, 3.8) is 0 Å². The Labute approximate surface area is 147 Å². The normalized spacial score (nSPS) is 26.6. The van der Waals surface area contributed by atoms with Crippen LogP contribution in [0.25, 0.3) is 5.52 Å². The van der Waals surface area contributed by atoms with Crippen LogP contribution in [-0.4, -0.2) is 46.7 Å². The number of aromatic nitrogens is 3. The Morgan fingerprint density at radius 1 is 1.44 bits per heavy atom. The molecule has 4 atom stereocenters. The number of alkyl halides is 1. The van der Waals surface area contributed by atoms with Crippen molar-refractivity contribution in [2.24, 2.45) is 5.92 Å². The lowest BCUT2D eigenvalue weighted by molar-refractivity contribution is -0.00712. The summed E-state index contributed by atoms with van der Waals surface area (Å²) in [7, 11) is -1.60. The van der Waals surface area contributed by atoms with Gasteiger partial charge in [0.25, 0.3) is 0 Å². The third-order valence-corrected chi connectivity index (χ3v) is 5.23. The Bertz CT molecular complexity index is 852. The number of nitrogens with two attached hydrogens (primary N) is 1. The molecule has 6 nitrogen and oxygen atoms in total. The van der Waals surface area contributed by atoms with E-state index in [1.54, 1.807) is 17.5 Å². The summed E-state index contributed by atoms with van der Waals surface area (Å²) in [4.78, 5) is 4.03. The van der Waals surface area contributed by atoms with Crippen LogP contribution in [0.15, 0.2) is 12.4 Å². The molecule has 8 heteroatoms. The average Bonchev–Trinajstić information content (AvgIpc) is 3.05. The van der Waals surface area contributed by atoms with Gasteiger partial charge in [0.2, 0.25) is 0 Å². The van der Waals surface area contributed by atoms with Gasteiger partial charge in [-0.1, -0.05) is 32.5 Å². The van der Waals surface area contributed by atoms with Crippen LogP contribution in [0.5, 0.6) is 0 Å². The number of rotatable bonds is 2. The molecule has 1 fully saturated rings. The second-order valence-electron chi connectivity index (χ2n) is 7.47. The summed E-state index contributed by atoms with van der Waals surface area (Å²) in [5.41, 5.74) is 11.1. The molecule has 0 unspecified atom stereocenters. The molecule has 0 spiro atoms. The van der Waals surface area contributed by atoms with Crippen molar-refractivity contribution < 1.29 is 14.2 Å². The van der Waals surface area contributed by atoms with Gasteiger partial charge >= 0.3 is 0 Å². The number of hydrogen-bond donors (Lipinski definition) is 2. The fraction of sp³-hybridized carbons (Fsp3) is 0.529. The number of nitrogens with zero attached hydrogens (tertiary/aromatic N) is 3. The number of ether oxygens (including phenoxy) is 1. The van der Waals surface area contributed by atoms with Crippen LogP contribution < -0.4 is 5.73 Å². The highest BCUT2D eigenvalue weighted by molar-refractivity contribution is 6.83. The van der Waals surface area contributed by atoms with E-state index < -0.39 is 32.4 Å². The van der Waals surface area contributed by atoms with Gasteiger partial charge in [-0.2, -0.15) is 5.10 Å². The van der Waals surface area contributed by atoms with E-state index in [4.69, 9.17) is 10.5 Å².